The van der Waals surface area contributed by atoms with Crippen LogP contribution in [0.4, 0.5) is 0 Å². The van der Waals surface area contributed by atoms with Crippen LogP contribution in [0, 0.1) is 0 Å². The lowest BCUT2D eigenvalue weighted by Gasteiger charge is -2.13. The van der Waals surface area contributed by atoms with Crippen LogP contribution in [0.3, 0.4) is 0 Å². The summed E-state index contributed by atoms with van der Waals surface area (Å²) < 4.78 is 13.1. The molecule has 24 heavy (non-hydrogen) atoms. The van der Waals surface area contributed by atoms with E-state index in [0.717, 1.165) is 70.5 Å². The SMILES string of the molecule is CCc1nncn1CCNC(=NC)NCCCOC1CCOC1.I. The molecular weight excluding hydrogens is 423 g/mol. The maximum atomic E-state index is 5.73. The molecule has 1 atom stereocenters. The number of aliphatic imine (C=N–C) groups is 1. The van der Waals surface area contributed by atoms with Crippen molar-refractivity contribution in [2.24, 2.45) is 4.99 Å². The Morgan fingerprint density at radius 2 is 2.29 bits per heavy atom. The van der Waals surface area contributed by atoms with Crippen molar-refractivity contribution < 1.29 is 9.47 Å². The van der Waals surface area contributed by atoms with Gasteiger partial charge in [-0.3, -0.25) is 4.99 Å². The van der Waals surface area contributed by atoms with Crippen LogP contribution in [0.5, 0.6) is 0 Å². The Morgan fingerprint density at radius 1 is 1.46 bits per heavy atom. The molecule has 8 nitrogen and oxygen atoms in total. The fraction of sp³-hybridized carbons (Fsp3) is 0.800. The van der Waals surface area contributed by atoms with Crippen molar-refractivity contribution in [3.63, 3.8) is 0 Å². The van der Waals surface area contributed by atoms with Crippen LogP contribution in [-0.2, 0) is 22.4 Å². The molecule has 0 bridgehead atoms. The minimum absolute atomic E-state index is 0. The minimum Gasteiger partial charge on any atom is -0.379 e. The summed E-state index contributed by atoms with van der Waals surface area (Å²) in [6.45, 7) is 6.82. The lowest BCUT2D eigenvalue weighted by Crippen LogP contribution is -2.39. The van der Waals surface area contributed by atoms with Crippen molar-refractivity contribution in [2.45, 2.75) is 38.8 Å². The van der Waals surface area contributed by atoms with E-state index < -0.39 is 0 Å². The highest BCUT2D eigenvalue weighted by Gasteiger charge is 2.15. The van der Waals surface area contributed by atoms with Gasteiger partial charge in [0.05, 0.1) is 12.7 Å². The Hall–Kier alpha value is -0.940. The number of ether oxygens (including phenoxy) is 2. The third-order valence-corrected chi connectivity index (χ3v) is 3.74. The second-order valence-corrected chi connectivity index (χ2v) is 5.43. The first-order chi connectivity index (χ1) is 11.3. The Kier molecular flexibility index (Phi) is 10.9. The number of rotatable bonds is 9. The van der Waals surface area contributed by atoms with Crippen molar-refractivity contribution in [1.82, 2.24) is 25.4 Å². The number of hydrogen-bond acceptors (Lipinski definition) is 5. The van der Waals surface area contributed by atoms with Crippen LogP contribution in [0.25, 0.3) is 0 Å². The Morgan fingerprint density at radius 3 is 3.00 bits per heavy atom. The molecule has 138 valence electrons. The van der Waals surface area contributed by atoms with Gasteiger partial charge < -0.3 is 24.7 Å². The summed E-state index contributed by atoms with van der Waals surface area (Å²) in [6.07, 6.45) is 4.89. The number of halogens is 1. The van der Waals surface area contributed by atoms with Crippen LogP contribution < -0.4 is 10.6 Å². The zero-order chi connectivity index (χ0) is 16.3. The molecule has 2 N–H and O–H groups in total. The molecule has 0 amide bonds. The summed E-state index contributed by atoms with van der Waals surface area (Å²) in [6, 6.07) is 0. The number of nitrogens with zero attached hydrogens (tertiary/aromatic N) is 4. The summed E-state index contributed by atoms with van der Waals surface area (Å²) in [5.74, 6) is 1.81. The molecule has 2 rings (SSSR count). The highest BCUT2D eigenvalue weighted by molar-refractivity contribution is 14.0. The van der Waals surface area contributed by atoms with E-state index in [1.54, 1.807) is 13.4 Å². The van der Waals surface area contributed by atoms with E-state index in [9.17, 15) is 0 Å². The largest absolute Gasteiger partial charge is 0.379 e. The Balaban J connectivity index is 0.00000288. The molecule has 0 aromatic carbocycles. The highest BCUT2D eigenvalue weighted by Crippen LogP contribution is 2.07. The maximum Gasteiger partial charge on any atom is 0.191 e. The molecule has 1 aromatic rings. The molecule has 2 heterocycles. The quantitative estimate of drug-likeness (QED) is 0.250. The van der Waals surface area contributed by atoms with Gasteiger partial charge in [-0.15, -0.1) is 34.2 Å². The number of guanidine groups is 1. The van der Waals surface area contributed by atoms with Gasteiger partial charge >= 0.3 is 0 Å². The number of hydrogen-bond donors (Lipinski definition) is 2. The highest BCUT2D eigenvalue weighted by atomic mass is 127. The number of aromatic nitrogens is 3. The summed E-state index contributed by atoms with van der Waals surface area (Å²) >= 11 is 0. The molecule has 1 aliphatic rings. The van der Waals surface area contributed by atoms with Gasteiger partial charge in [0, 0.05) is 46.3 Å². The van der Waals surface area contributed by atoms with Crippen LogP contribution in [0.15, 0.2) is 11.3 Å². The average Bonchev–Trinajstić information content (AvgIpc) is 3.24. The molecule has 0 saturated carbocycles. The summed E-state index contributed by atoms with van der Waals surface area (Å²) in [5, 5.41) is 14.6. The fourth-order valence-corrected chi connectivity index (χ4v) is 2.43. The van der Waals surface area contributed by atoms with E-state index in [1.807, 2.05) is 0 Å². The Bertz CT molecular complexity index is 476. The van der Waals surface area contributed by atoms with E-state index >= 15 is 0 Å². The second-order valence-electron chi connectivity index (χ2n) is 5.43. The molecule has 9 heteroatoms. The molecule has 0 radical (unpaired) electrons. The Labute approximate surface area is 160 Å². The molecule has 1 aliphatic heterocycles. The van der Waals surface area contributed by atoms with Gasteiger partial charge in [0.25, 0.3) is 0 Å². The van der Waals surface area contributed by atoms with Gasteiger partial charge in [-0.1, -0.05) is 6.92 Å². The van der Waals surface area contributed by atoms with Crippen LogP contribution in [0.2, 0.25) is 0 Å². The zero-order valence-electron chi connectivity index (χ0n) is 14.5. The predicted molar refractivity (Wildman–Crippen MR) is 104 cm³/mol. The third kappa shape index (κ3) is 7.31. The minimum atomic E-state index is 0. The van der Waals surface area contributed by atoms with Gasteiger partial charge in [0.1, 0.15) is 12.2 Å². The van der Waals surface area contributed by atoms with E-state index in [1.165, 1.54) is 0 Å². The van der Waals surface area contributed by atoms with Crippen molar-refractivity contribution in [1.29, 1.82) is 0 Å². The van der Waals surface area contributed by atoms with Crippen LogP contribution in [0.1, 0.15) is 25.6 Å². The van der Waals surface area contributed by atoms with Crippen molar-refractivity contribution in [3.05, 3.63) is 12.2 Å². The molecule has 0 spiro atoms. The van der Waals surface area contributed by atoms with E-state index in [0.29, 0.717) is 0 Å². The number of aryl methyl sites for hydroxylation is 1. The van der Waals surface area contributed by atoms with Crippen LogP contribution >= 0.6 is 24.0 Å². The van der Waals surface area contributed by atoms with Gasteiger partial charge in [-0.2, -0.15) is 0 Å². The first-order valence-electron chi connectivity index (χ1n) is 8.34. The standard InChI is InChI=1S/C15H28N6O2.HI/c1-3-14-20-19-12-21(14)8-7-18-15(16-2)17-6-4-9-23-13-5-10-22-11-13;/h12-13H,3-11H2,1-2H3,(H2,16,17,18);1H. The van der Waals surface area contributed by atoms with E-state index in [-0.39, 0.29) is 30.1 Å². The lowest BCUT2D eigenvalue weighted by atomic mass is 10.3. The molecule has 1 fully saturated rings. The zero-order valence-corrected chi connectivity index (χ0v) is 16.9. The topological polar surface area (TPSA) is 85.6 Å². The van der Waals surface area contributed by atoms with Crippen molar-refractivity contribution in [2.75, 3.05) is 40.0 Å². The average molecular weight is 452 g/mol. The molecule has 1 saturated heterocycles. The van der Waals surface area contributed by atoms with Gasteiger partial charge in [-0.05, 0) is 12.8 Å². The summed E-state index contributed by atoms with van der Waals surface area (Å²) in [4.78, 5) is 4.22. The van der Waals surface area contributed by atoms with Gasteiger partial charge in [0.2, 0.25) is 0 Å². The normalized spacial score (nSPS) is 17.6. The van der Waals surface area contributed by atoms with Gasteiger partial charge in [0.15, 0.2) is 5.96 Å². The monoisotopic (exact) mass is 452 g/mol. The third-order valence-electron chi connectivity index (χ3n) is 3.74. The smallest absolute Gasteiger partial charge is 0.191 e. The molecular formula is C15H29IN6O2. The molecule has 1 aromatic heterocycles. The summed E-state index contributed by atoms with van der Waals surface area (Å²) in [5.41, 5.74) is 0. The van der Waals surface area contributed by atoms with E-state index in [4.69, 9.17) is 9.47 Å². The van der Waals surface area contributed by atoms with E-state index in [2.05, 4.69) is 37.3 Å². The first-order valence-corrected chi connectivity index (χ1v) is 8.34. The second kappa shape index (κ2) is 12.4. The number of nitrogens with one attached hydrogen (secondary N) is 2. The predicted octanol–water partition coefficient (Wildman–Crippen LogP) is 0.819. The maximum absolute atomic E-state index is 5.73. The van der Waals surface area contributed by atoms with Crippen molar-refractivity contribution in [3.8, 4) is 0 Å². The van der Waals surface area contributed by atoms with Crippen molar-refractivity contribution >= 4 is 29.9 Å². The first kappa shape index (κ1) is 21.1. The lowest BCUT2D eigenvalue weighted by molar-refractivity contribution is 0.0420. The summed E-state index contributed by atoms with van der Waals surface area (Å²) in [7, 11) is 1.78. The van der Waals surface area contributed by atoms with Crippen LogP contribution in [-0.4, -0.2) is 66.8 Å². The van der Waals surface area contributed by atoms with Gasteiger partial charge in [-0.25, -0.2) is 0 Å². The molecule has 0 aliphatic carbocycles. The fourth-order valence-electron chi connectivity index (χ4n) is 2.43. The molecule has 1 unspecified atom stereocenters.